The van der Waals surface area contributed by atoms with Gasteiger partial charge >= 0.3 is 6.03 Å². The number of aliphatic hydroxyl groups excluding tert-OH is 1. The van der Waals surface area contributed by atoms with Crippen LogP contribution >= 0.6 is 0 Å². The quantitative estimate of drug-likeness (QED) is 0.724. The molecule has 2 amide bonds. The minimum Gasteiger partial charge on any atom is -0.396 e. The van der Waals surface area contributed by atoms with E-state index in [0.717, 1.165) is 6.42 Å². The van der Waals surface area contributed by atoms with Gasteiger partial charge in [-0.2, -0.15) is 0 Å². The molecule has 1 saturated heterocycles. The molecule has 1 rings (SSSR count). The van der Waals surface area contributed by atoms with Crippen molar-refractivity contribution in [2.24, 2.45) is 5.92 Å². The minimum absolute atomic E-state index is 0.0144. The Hall–Kier alpha value is -0.810. The van der Waals surface area contributed by atoms with Gasteiger partial charge in [-0.25, -0.2) is 4.79 Å². The Morgan fingerprint density at radius 2 is 1.95 bits per heavy atom. The fraction of sp³-hybridized carbons (Fsp3) is 0.933. The van der Waals surface area contributed by atoms with E-state index in [4.69, 9.17) is 9.84 Å². The number of hydrogen-bond acceptors (Lipinski definition) is 3. The molecule has 2 atom stereocenters. The average Bonchev–Trinajstić information content (AvgIpc) is 2.45. The molecule has 1 fully saturated rings. The molecule has 1 aliphatic heterocycles. The van der Waals surface area contributed by atoms with Crippen LogP contribution in [0.15, 0.2) is 0 Å². The third-order valence-corrected chi connectivity index (χ3v) is 3.94. The third kappa shape index (κ3) is 4.63. The van der Waals surface area contributed by atoms with Gasteiger partial charge in [0.15, 0.2) is 0 Å². The van der Waals surface area contributed by atoms with E-state index in [2.05, 4.69) is 10.6 Å². The number of aliphatic hydroxyl groups is 1. The standard InChI is InChI=1S/C15H30N2O3/c1-10(2)11(7-8-18)16-13(19)17-12-9-14(3,4)20-15(12,5)6/h10-12,18H,7-9H2,1-6H3,(H2,16,17,19). The molecule has 0 aromatic carbocycles. The number of rotatable bonds is 5. The summed E-state index contributed by atoms with van der Waals surface area (Å²) in [5.41, 5.74) is -0.588. The van der Waals surface area contributed by atoms with Crippen molar-refractivity contribution in [1.29, 1.82) is 0 Å². The van der Waals surface area contributed by atoms with E-state index in [1.165, 1.54) is 0 Å². The summed E-state index contributed by atoms with van der Waals surface area (Å²) >= 11 is 0. The van der Waals surface area contributed by atoms with E-state index in [0.29, 0.717) is 6.42 Å². The van der Waals surface area contributed by atoms with E-state index in [1.54, 1.807) is 0 Å². The first kappa shape index (κ1) is 17.2. The van der Waals surface area contributed by atoms with E-state index in [-0.39, 0.29) is 41.8 Å². The van der Waals surface area contributed by atoms with Crippen LogP contribution in [-0.4, -0.2) is 41.0 Å². The highest BCUT2D eigenvalue weighted by Gasteiger charge is 2.46. The molecule has 3 N–H and O–H groups in total. The second-order valence-corrected chi connectivity index (χ2v) is 7.20. The molecule has 1 aliphatic rings. The van der Waals surface area contributed by atoms with Gasteiger partial charge in [-0.15, -0.1) is 0 Å². The van der Waals surface area contributed by atoms with Crippen LogP contribution in [0, 0.1) is 5.92 Å². The van der Waals surface area contributed by atoms with Crippen molar-refractivity contribution in [3.63, 3.8) is 0 Å². The largest absolute Gasteiger partial charge is 0.396 e. The molecule has 2 unspecified atom stereocenters. The molecule has 1 heterocycles. The molecule has 0 aromatic rings. The molecule has 5 heteroatoms. The molecule has 0 saturated carbocycles. The fourth-order valence-electron chi connectivity index (χ4n) is 2.87. The van der Waals surface area contributed by atoms with Gasteiger partial charge < -0.3 is 20.5 Å². The van der Waals surface area contributed by atoms with Crippen LogP contribution in [0.1, 0.15) is 54.4 Å². The summed E-state index contributed by atoms with van der Waals surface area (Å²) in [7, 11) is 0. The van der Waals surface area contributed by atoms with Gasteiger partial charge in [-0.05, 0) is 46.5 Å². The lowest BCUT2D eigenvalue weighted by atomic mass is 9.94. The minimum atomic E-state index is -0.370. The molecule has 0 aliphatic carbocycles. The predicted octanol–water partition coefficient (Wildman–Crippen LogP) is 2.04. The Morgan fingerprint density at radius 1 is 1.35 bits per heavy atom. The van der Waals surface area contributed by atoms with Crippen molar-refractivity contribution in [1.82, 2.24) is 10.6 Å². The second-order valence-electron chi connectivity index (χ2n) is 7.20. The van der Waals surface area contributed by atoms with Crippen molar-refractivity contribution in [3.05, 3.63) is 0 Å². The highest BCUT2D eigenvalue weighted by atomic mass is 16.5. The molecule has 0 bridgehead atoms. The van der Waals surface area contributed by atoms with Gasteiger partial charge in [0.25, 0.3) is 0 Å². The number of carbonyl (C=O) groups is 1. The van der Waals surface area contributed by atoms with Crippen LogP contribution in [0.5, 0.6) is 0 Å². The first-order valence-electron chi connectivity index (χ1n) is 7.45. The Morgan fingerprint density at radius 3 is 2.35 bits per heavy atom. The van der Waals surface area contributed by atoms with Gasteiger partial charge in [-0.3, -0.25) is 0 Å². The van der Waals surface area contributed by atoms with Gasteiger partial charge in [0.05, 0.1) is 17.2 Å². The third-order valence-electron chi connectivity index (χ3n) is 3.94. The Bertz CT molecular complexity index is 340. The number of ether oxygens (including phenoxy) is 1. The molecular formula is C15H30N2O3. The Labute approximate surface area is 122 Å². The zero-order chi connectivity index (χ0) is 15.6. The molecular weight excluding hydrogens is 256 g/mol. The number of amides is 2. The monoisotopic (exact) mass is 286 g/mol. The fourth-order valence-corrected chi connectivity index (χ4v) is 2.87. The van der Waals surface area contributed by atoms with Crippen LogP contribution in [0.2, 0.25) is 0 Å². The molecule has 0 radical (unpaired) electrons. The summed E-state index contributed by atoms with van der Waals surface area (Å²) in [5.74, 6) is 0.289. The van der Waals surface area contributed by atoms with Crippen LogP contribution in [0.4, 0.5) is 4.79 Å². The molecule has 20 heavy (non-hydrogen) atoms. The number of hydrogen-bond donors (Lipinski definition) is 3. The Balaban J connectivity index is 2.58. The number of nitrogens with one attached hydrogen (secondary N) is 2. The summed E-state index contributed by atoms with van der Waals surface area (Å²) in [4.78, 5) is 12.1. The summed E-state index contributed by atoms with van der Waals surface area (Å²) in [5, 5.41) is 15.0. The number of urea groups is 1. The topological polar surface area (TPSA) is 70.6 Å². The maximum atomic E-state index is 12.1. The van der Waals surface area contributed by atoms with Crippen molar-refractivity contribution in [3.8, 4) is 0 Å². The van der Waals surface area contributed by atoms with Crippen LogP contribution in [0.3, 0.4) is 0 Å². The number of carbonyl (C=O) groups excluding carboxylic acids is 1. The van der Waals surface area contributed by atoms with Crippen molar-refractivity contribution >= 4 is 6.03 Å². The van der Waals surface area contributed by atoms with Crippen molar-refractivity contribution < 1.29 is 14.6 Å². The predicted molar refractivity (Wildman–Crippen MR) is 79.6 cm³/mol. The van der Waals surface area contributed by atoms with E-state index in [1.807, 2.05) is 41.5 Å². The maximum Gasteiger partial charge on any atom is 0.315 e. The van der Waals surface area contributed by atoms with E-state index < -0.39 is 0 Å². The molecule has 5 nitrogen and oxygen atoms in total. The van der Waals surface area contributed by atoms with Crippen LogP contribution in [0.25, 0.3) is 0 Å². The van der Waals surface area contributed by atoms with Crippen molar-refractivity contribution in [2.45, 2.75) is 77.7 Å². The molecule has 0 aromatic heterocycles. The average molecular weight is 286 g/mol. The van der Waals surface area contributed by atoms with Crippen molar-refractivity contribution in [2.75, 3.05) is 6.61 Å². The molecule has 118 valence electrons. The molecule has 0 spiro atoms. The summed E-state index contributed by atoms with van der Waals surface area (Å²) < 4.78 is 5.97. The Kier molecular flexibility index (Phi) is 5.44. The van der Waals surface area contributed by atoms with Gasteiger partial charge in [-0.1, -0.05) is 13.8 Å². The summed E-state index contributed by atoms with van der Waals surface area (Å²) in [6.07, 6.45) is 1.36. The first-order chi connectivity index (χ1) is 9.07. The summed E-state index contributed by atoms with van der Waals surface area (Å²) in [6, 6.07) is -0.214. The lowest BCUT2D eigenvalue weighted by Crippen LogP contribution is -2.52. The maximum absolute atomic E-state index is 12.1. The van der Waals surface area contributed by atoms with Crippen LogP contribution in [-0.2, 0) is 4.74 Å². The van der Waals surface area contributed by atoms with E-state index in [9.17, 15) is 4.79 Å². The lowest BCUT2D eigenvalue weighted by Gasteiger charge is -2.29. The summed E-state index contributed by atoms with van der Waals surface area (Å²) in [6.45, 7) is 12.2. The van der Waals surface area contributed by atoms with Crippen LogP contribution < -0.4 is 10.6 Å². The van der Waals surface area contributed by atoms with Gasteiger partial charge in [0.1, 0.15) is 0 Å². The lowest BCUT2D eigenvalue weighted by molar-refractivity contribution is -0.0691. The SMILES string of the molecule is CC(C)C(CCO)NC(=O)NC1CC(C)(C)OC1(C)C. The van der Waals surface area contributed by atoms with Gasteiger partial charge in [0.2, 0.25) is 0 Å². The zero-order valence-corrected chi connectivity index (χ0v) is 13.6. The smallest absolute Gasteiger partial charge is 0.315 e. The van der Waals surface area contributed by atoms with E-state index >= 15 is 0 Å². The normalized spacial score (nSPS) is 25.5. The zero-order valence-electron chi connectivity index (χ0n) is 13.6. The van der Waals surface area contributed by atoms with Gasteiger partial charge in [0, 0.05) is 12.6 Å². The second kappa shape index (κ2) is 6.31. The first-order valence-corrected chi connectivity index (χ1v) is 7.45. The highest BCUT2D eigenvalue weighted by Crippen LogP contribution is 2.37. The highest BCUT2D eigenvalue weighted by molar-refractivity contribution is 5.74.